The molecule has 1 aromatic carbocycles. The lowest BCUT2D eigenvalue weighted by molar-refractivity contribution is 0.0705. The molecule has 0 atom stereocenters. The van der Waals surface area contributed by atoms with Crippen molar-refractivity contribution < 1.29 is 13.9 Å². The number of carbonyl (C=O) groups is 1. The quantitative estimate of drug-likeness (QED) is 0.690. The van der Waals surface area contributed by atoms with Gasteiger partial charge in [-0.15, -0.1) is 0 Å². The lowest BCUT2D eigenvalue weighted by Crippen LogP contribution is -2.38. The van der Waals surface area contributed by atoms with Crippen molar-refractivity contribution in [2.45, 2.75) is 18.8 Å². The second-order valence-corrected chi connectivity index (χ2v) is 6.58. The molecule has 0 N–H and O–H groups in total. The fraction of sp³-hybridized carbons (Fsp3) is 0.238. The molecule has 1 aliphatic rings. The number of rotatable bonds is 4. The van der Waals surface area contributed by atoms with Crippen molar-refractivity contribution >= 4 is 5.91 Å². The Labute approximate surface area is 162 Å². The molecule has 142 valence electrons. The number of halogens is 1. The van der Waals surface area contributed by atoms with Crippen LogP contribution in [0.25, 0.3) is 0 Å². The van der Waals surface area contributed by atoms with Gasteiger partial charge in [-0.1, -0.05) is 6.07 Å². The van der Waals surface area contributed by atoms with Crippen molar-refractivity contribution in [1.29, 1.82) is 0 Å². The summed E-state index contributed by atoms with van der Waals surface area (Å²) < 4.78 is 18.9. The molecule has 0 spiro atoms. The predicted molar refractivity (Wildman–Crippen MR) is 101 cm³/mol. The molecule has 0 saturated carbocycles. The molecule has 1 amide bonds. The molecule has 1 fully saturated rings. The number of benzene rings is 1. The molecular weight excluding hydrogens is 359 g/mol. The Bertz CT molecular complexity index is 942. The van der Waals surface area contributed by atoms with Gasteiger partial charge in [-0.25, -0.2) is 9.37 Å². The summed E-state index contributed by atoms with van der Waals surface area (Å²) in [4.78, 5) is 27.3. The number of nitrogens with zero attached hydrogens (tertiary/aromatic N) is 4. The van der Waals surface area contributed by atoms with Gasteiger partial charge in [0.15, 0.2) is 0 Å². The minimum absolute atomic E-state index is 0.0546. The average molecular weight is 378 g/mol. The minimum atomic E-state index is -0.323. The summed E-state index contributed by atoms with van der Waals surface area (Å²) in [7, 11) is 0. The van der Waals surface area contributed by atoms with Gasteiger partial charge < -0.3 is 9.64 Å². The normalized spacial score (nSPS) is 14.7. The molecule has 28 heavy (non-hydrogen) atoms. The number of ether oxygens (including phenoxy) is 1. The van der Waals surface area contributed by atoms with Crippen LogP contribution in [0.5, 0.6) is 11.6 Å². The Kier molecular flexibility index (Phi) is 5.23. The Balaban J connectivity index is 1.45. The highest BCUT2D eigenvalue weighted by molar-refractivity contribution is 5.92. The van der Waals surface area contributed by atoms with Gasteiger partial charge in [0.2, 0.25) is 5.88 Å². The van der Waals surface area contributed by atoms with E-state index in [1.165, 1.54) is 12.1 Å². The summed E-state index contributed by atoms with van der Waals surface area (Å²) in [6.07, 6.45) is 6.35. The monoisotopic (exact) mass is 378 g/mol. The van der Waals surface area contributed by atoms with Crippen LogP contribution < -0.4 is 4.74 Å². The van der Waals surface area contributed by atoms with Crippen LogP contribution in [-0.4, -0.2) is 38.8 Å². The number of hydrogen-bond donors (Lipinski definition) is 0. The van der Waals surface area contributed by atoms with E-state index in [-0.39, 0.29) is 17.6 Å². The number of piperidine rings is 1. The third-order valence-corrected chi connectivity index (χ3v) is 4.77. The summed E-state index contributed by atoms with van der Waals surface area (Å²) in [6.45, 7) is 1.24. The Morgan fingerprint density at radius 1 is 0.964 bits per heavy atom. The van der Waals surface area contributed by atoms with Crippen LogP contribution in [0.1, 0.15) is 34.9 Å². The molecule has 0 radical (unpaired) electrons. The first-order valence-electron chi connectivity index (χ1n) is 9.15. The van der Waals surface area contributed by atoms with E-state index in [4.69, 9.17) is 4.74 Å². The zero-order chi connectivity index (χ0) is 19.3. The van der Waals surface area contributed by atoms with Gasteiger partial charge in [0, 0.05) is 37.6 Å². The van der Waals surface area contributed by atoms with Crippen LogP contribution in [0.2, 0.25) is 0 Å². The van der Waals surface area contributed by atoms with E-state index >= 15 is 0 Å². The summed E-state index contributed by atoms with van der Waals surface area (Å²) in [5.41, 5.74) is 1.22. The second kappa shape index (κ2) is 8.12. The van der Waals surface area contributed by atoms with Gasteiger partial charge in [0.1, 0.15) is 23.0 Å². The first-order valence-corrected chi connectivity index (χ1v) is 9.15. The third-order valence-electron chi connectivity index (χ3n) is 4.77. The van der Waals surface area contributed by atoms with Gasteiger partial charge in [-0.2, -0.15) is 0 Å². The van der Waals surface area contributed by atoms with Crippen LogP contribution in [0.15, 0.2) is 61.1 Å². The van der Waals surface area contributed by atoms with Gasteiger partial charge in [-0.05, 0) is 49.2 Å². The summed E-state index contributed by atoms with van der Waals surface area (Å²) >= 11 is 0. The van der Waals surface area contributed by atoms with Crippen LogP contribution in [-0.2, 0) is 0 Å². The van der Waals surface area contributed by atoms with Crippen LogP contribution >= 0.6 is 0 Å². The molecule has 4 rings (SSSR count). The van der Waals surface area contributed by atoms with Gasteiger partial charge in [0.05, 0.1) is 0 Å². The van der Waals surface area contributed by atoms with E-state index in [1.54, 1.807) is 42.9 Å². The number of amides is 1. The topological polar surface area (TPSA) is 68.2 Å². The summed E-state index contributed by atoms with van der Waals surface area (Å²) in [5, 5.41) is 0. The molecule has 0 unspecified atom stereocenters. The maximum Gasteiger partial charge on any atom is 0.272 e. The van der Waals surface area contributed by atoms with E-state index in [9.17, 15) is 9.18 Å². The lowest BCUT2D eigenvalue weighted by Gasteiger charge is -2.31. The standard InChI is InChI=1S/C21H19FN4O2/c22-16-4-6-17(7-5-16)28-20-19(24-11-12-25-20)15-8-13-26(14-9-15)21(27)18-3-1-2-10-23-18/h1-7,10-12,15H,8-9,13-14H2. The van der Waals surface area contributed by atoms with Crippen LogP contribution in [0.3, 0.4) is 0 Å². The van der Waals surface area contributed by atoms with Gasteiger partial charge in [-0.3, -0.25) is 14.8 Å². The van der Waals surface area contributed by atoms with Crippen molar-refractivity contribution in [2.24, 2.45) is 0 Å². The molecule has 1 saturated heterocycles. The minimum Gasteiger partial charge on any atom is -0.437 e. The van der Waals surface area contributed by atoms with Crippen molar-refractivity contribution in [3.63, 3.8) is 0 Å². The Morgan fingerprint density at radius 3 is 2.43 bits per heavy atom. The van der Waals surface area contributed by atoms with Gasteiger partial charge in [0.25, 0.3) is 5.91 Å². The maximum absolute atomic E-state index is 13.1. The highest BCUT2D eigenvalue weighted by Gasteiger charge is 2.28. The van der Waals surface area contributed by atoms with Gasteiger partial charge >= 0.3 is 0 Å². The van der Waals surface area contributed by atoms with E-state index in [1.807, 2.05) is 11.0 Å². The molecule has 3 heterocycles. The summed E-state index contributed by atoms with van der Waals surface area (Å²) in [5.74, 6) is 0.684. The predicted octanol–water partition coefficient (Wildman–Crippen LogP) is 3.82. The number of likely N-dealkylation sites (tertiary alicyclic amines) is 1. The van der Waals surface area contributed by atoms with E-state index in [0.29, 0.717) is 30.4 Å². The highest BCUT2D eigenvalue weighted by Crippen LogP contribution is 2.33. The molecule has 3 aromatic rings. The highest BCUT2D eigenvalue weighted by atomic mass is 19.1. The van der Waals surface area contributed by atoms with Crippen molar-refractivity contribution in [1.82, 2.24) is 19.9 Å². The average Bonchev–Trinajstić information content (AvgIpc) is 2.76. The van der Waals surface area contributed by atoms with Crippen LogP contribution in [0.4, 0.5) is 4.39 Å². The Morgan fingerprint density at radius 2 is 1.71 bits per heavy atom. The number of hydrogen-bond acceptors (Lipinski definition) is 5. The fourth-order valence-electron chi connectivity index (χ4n) is 3.32. The van der Waals surface area contributed by atoms with Crippen molar-refractivity contribution in [2.75, 3.05) is 13.1 Å². The maximum atomic E-state index is 13.1. The van der Waals surface area contributed by atoms with E-state index in [2.05, 4.69) is 15.0 Å². The Hall–Kier alpha value is -3.35. The van der Waals surface area contributed by atoms with Crippen molar-refractivity contribution in [3.8, 4) is 11.6 Å². The molecular formula is C21H19FN4O2. The molecule has 7 heteroatoms. The first-order chi connectivity index (χ1) is 13.7. The molecule has 6 nitrogen and oxygen atoms in total. The number of pyridine rings is 1. The molecule has 2 aromatic heterocycles. The number of aromatic nitrogens is 3. The SMILES string of the molecule is O=C(c1ccccn1)N1CCC(c2nccnc2Oc2ccc(F)cc2)CC1. The molecule has 0 aliphatic carbocycles. The van der Waals surface area contributed by atoms with Crippen LogP contribution in [0, 0.1) is 5.82 Å². The molecule has 0 bridgehead atoms. The molecule has 1 aliphatic heterocycles. The van der Waals surface area contributed by atoms with E-state index < -0.39 is 0 Å². The second-order valence-electron chi connectivity index (χ2n) is 6.58. The third kappa shape index (κ3) is 3.98. The lowest BCUT2D eigenvalue weighted by atomic mass is 9.93. The fourth-order valence-corrected chi connectivity index (χ4v) is 3.32. The van der Waals surface area contributed by atoms with E-state index in [0.717, 1.165) is 18.5 Å². The summed E-state index contributed by atoms with van der Waals surface area (Å²) in [6, 6.07) is 11.1. The zero-order valence-corrected chi connectivity index (χ0v) is 15.2. The van der Waals surface area contributed by atoms with Crippen molar-refractivity contribution in [3.05, 3.63) is 78.3 Å². The number of carbonyl (C=O) groups excluding carboxylic acids is 1. The smallest absolute Gasteiger partial charge is 0.272 e. The first kappa shape index (κ1) is 18.0. The largest absolute Gasteiger partial charge is 0.437 e. The zero-order valence-electron chi connectivity index (χ0n) is 15.2.